The normalized spacial score (nSPS) is 14.7. The van der Waals surface area contributed by atoms with E-state index in [2.05, 4.69) is 5.10 Å². The molecular weight excluding hydrogens is 406 g/mol. The maximum atomic E-state index is 13.3. The summed E-state index contributed by atoms with van der Waals surface area (Å²) in [5.41, 5.74) is 1.72. The summed E-state index contributed by atoms with van der Waals surface area (Å²) < 4.78 is 12.2. The van der Waals surface area contributed by atoms with Crippen molar-refractivity contribution in [1.29, 1.82) is 0 Å². The molecule has 0 unspecified atom stereocenters. The second-order valence-corrected chi connectivity index (χ2v) is 7.54. The van der Waals surface area contributed by atoms with Gasteiger partial charge in [0.25, 0.3) is 5.91 Å². The molecule has 0 aliphatic carbocycles. The van der Waals surface area contributed by atoms with Crippen molar-refractivity contribution in [3.63, 3.8) is 0 Å². The smallest absolute Gasteiger partial charge is 0.309 e. The van der Waals surface area contributed by atoms with Gasteiger partial charge in [-0.2, -0.15) is 5.10 Å². The van der Waals surface area contributed by atoms with Crippen LogP contribution in [0.3, 0.4) is 0 Å². The average molecular weight is 428 g/mol. The Morgan fingerprint density at radius 2 is 1.93 bits per heavy atom. The van der Waals surface area contributed by atoms with Gasteiger partial charge in [0.2, 0.25) is 0 Å². The lowest BCUT2D eigenvalue weighted by Crippen LogP contribution is -2.41. The van der Waals surface area contributed by atoms with Gasteiger partial charge in [-0.25, -0.2) is 4.68 Å². The van der Waals surface area contributed by atoms with Crippen LogP contribution in [0.5, 0.6) is 0 Å². The largest absolute Gasteiger partial charge is 0.466 e. The number of carbonyl (C=O) groups excluding carboxylic acids is 2. The van der Waals surface area contributed by atoms with E-state index in [9.17, 15) is 9.59 Å². The molecule has 1 fully saturated rings. The summed E-state index contributed by atoms with van der Waals surface area (Å²) in [5, 5.41) is 5.20. The third-order valence-corrected chi connectivity index (χ3v) is 5.43. The number of amides is 1. The Balaban J connectivity index is 1.60. The van der Waals surface area contributed by atoms with Crippen LogP contribution >= 0.6 is 11.6 Å². The number of nitrogens with zero attached hydrogens (tertiary/aromatic N) is 3. The number of likely N-dealkylation sites (tertiary alicyclic amines) is 1. The van der Waals surface area contributed by atoms with E-state index < -0.39 is 0 Å². The van der Waals surface area contributed by atoms with Crippen LogP contribution in [-0.4, -0.2) is 46.3 Å². The quantitative estimate of drug-likeness (QED) is 0.570. The van der Waals surface area contributed by atoms with Gasteiger partial charge in [-0.1, -0.05) is 11.6 Å². The Labute approximate surface area is 179 Å². The number of aromatic nitrogens is 2. The van der Waals surface area contributed by atoms with Crippen molar-refractivity contribution in [2.75, 3.05) is 19.7 Å². The summed E-state index contributed by atoms with van der Waals surface area (Å²) in [7, 11) is 0. The summed E-state index contributed by atoms with van der Waals surface area (Å²) in [4.78, 5) is 27.1. The SMILES string of the molecule is CCOC(=O)C1CCN(C(=O)c2cc(-c3ccco3)nn2-c2ccc(Cl)cc2)CC1. The first kappa shape index (κ1) is 20.2. The molecule has 2 aromatic heterocycles. The second kappa shape index (κ2) is 8.75. The molecule has 0 radical (unpaired) electrons. The lowest BCUT2D eigenvalue weighted by Gasteiger charge is -2.30. The van der Waals surface area contributed by atoms with Gasteiger partial charge in [-0.05, 0) is 56.2 Å². The Kier molecular flexibility index (Phi) is 5.90. The monoisotopic (exact) mass is 427 g/mol. The zero-order valence-corrected chi connectivity index (χ0v) is 17.3. The van der Waals surface area contributed by atoms with Crippen molar-refractivity contribution < 1.29 is 18.7 Å². The number of piperidine rings is 1. The molecule has 1 aliphatic heterocycles. The molecule has 3 heterocycles. The molecule has 0 saturated carbocycles. The minimum atomic E-state index is -0.184. The third kappa shape index (κ3) is 4.11. The highest BCUT2D eigenvalue weighted by molar-refractivity contribution is 6.30. The molecule has 4 rings (SSSR count). The maximum absolute atomic E-state index is 13.3. The molecule has 1 aliphatic rings. The third-order valence-electron chi connectivity index (χ3n) is 5.18. The van der Waals surface area contributed by atoms with Crippen LogP contribution in [0.25, 0.3) is 17.1 Å². The number of furan rings is 1. The fraction of sp³-hybridized carbons (Fsp3) is 0.318. The number of ether oxygens (including phenoxy) is 1. The van der Waals surface area contributed by atoms with Gasteiger partial charge in [-0.3, -0.25) is 9.59 Å². The number of hydrogen-bond acceptors (Lipinski definition) is 5. The van der Waals surface area contributed by atoms with E-state index in [1.807, 2.05) is 12.1 Å². The molecule has 1 amide bonds. The first-order chi connectivity index (χ1) is 14.6. The van der Waals surface area contributed by atoms with Crippen LogP contribution in [0, 0.1) is 5.92 Å². The van der Waals surface area contributed by atoms with Gasteiger partial charge in [0, 0.05) is 24.2 Å². The first-order valence-corrected chi connectivity index (χ1v) is 10.3. The molecule has 0 N–H and O–H groups in total. The zero-order valence-electron chi connectivity index (χ0n) is 16.6. The van der Waals surface area contributed by atoms with E-state index in [-0.39, 0.29) is 17.8 Å². The van der Waals surface area contributed by atoms with Gasteiger partial charge < -0.3 is 14.1 Å². The Bertz CT molecular complexity index is 1020. The van der Waals surface area contributed by atoms with Crippen molar-refractivity contribution in [2.24, 2.45) is 5.92 Å². The summed E-state index contributed by atoms with van der Waals surface area (Å²) in [5.74, 6) is 0.0973. The van der Waals surface area contributed by atoms with Gasteiger partial charge in [0.1, 0.15) is 11.4 Å². The summed E-state index contributed by atoms with van der Waals surface area (Å²) in [6.07, 6.45) is 2.74. The first-order valence-electron chi connectivity index (χ1n) is 9.92. The molecule has 1 saturated heterocycles. The average Bonchev–Trinajstić information content (AvgIpc) is 3.44. The standard InChI is InChI=1S/C22H22ClN3O4/c1-2-29-22(28)15-9-11-25(12-10-15)21(27)19-14-18(20-4-3-13-30-20)24-26(19)17-7-5-16(23)6-8-17/h3-8,13-15H,2,9-12H2,1H3. The van der Waals surface area contributed by atoms with E-state index in [1.54, 1.807) is 53.1 Å². The molecule has 3 aromatic rings. The van der Waals surface area contributed by atoms with Crippen molar-refractivity contribution in [3.05, 3.63) is 59.4 Å². The molecule has 1 aromatic carbocycles. The van der Waals surface area contributed by atoms with Crippen LogP contribution in [0.4, 0.5) is 0 Å². The number of benzene rings is 1. The molecule has 8 heteroatoms. The van der Waals surface area contributed by atoms with E-state index in [0.717, 1.165) is 5.69 Å². The highest BCUT2D eigenvalue weighted by atomic mass is 35.5. The van der Waals surface area contributed by atoms with E-state index in [4.69, 9.17) is 20.8 Å². The topological polar surface area (TPSA) is 77.6 Å². The van der Waals surface area contributed by atoms with Crippen LogP contribution in [-0.2, 0) is 9.53 Å². The van der Waals surface area contributed by atoms with Crippen molar-refractivity contribution in [1.82, 2.24) is 14.7 Å². The van der Waals surface area contributed by atoms with Crippen LogP contribution in [0.1, 0.15) is 30.3 Å². The van der Waals surface area contributed by atoms with Gasteiger partial charge in [-0.15, -0.1) is 0 Å². The number of hydrogen-bond donors (Lipinski definition) is 0. The molecule has 156 valence electrons. The number of esters is 1. The lowest BCUT2D eigenvalue weighted by molar-refractivity contribution is -0.149. The molecule has 0 spiro atoms. The lowest BCUT2D eigenvalue weighted by atomic mass is 9.97. The van der Waals surface area contributed by atoms with E-state index in [1.165, 1.54) is 0 Å². The van der Waals surface area contributed by atoms with E-state index in [0.29, 0.717) is 54.7 Å². The summed E-state index contributed by atoms with van der Waals surface area (Å²) >= 11 is 6.01. The maximum Gasteiger partial charge on any atom is 0.309 e. The Morgan fingerprint density at radius 3 is 2.57 bits per heavy atom. The van der Waals surface area contributed by atoms with Crippen LogP contribution < -0.4 is 0 Å². The number of rotatable bonds is 5. The molecule has 7 nitrogen and oxygen atoms in total. The van der Waals surface area contributed by atoms with E-state index >= 15 is 0 Å². The van der Waals surface area contributed by atoms with Crippen molar-refractivity contribution in [3.8, 4) is 17.1 Å². The fourth-order valence-electron chi connectivity index (χ4n) is 3.60. The summed E-state index contributed by atoms with van der Waals surface area (Å²) in [6, 6.07) is 12.4. The van der Waals surface area contributed by atoms with Gasteiger partial charge in [0.05, 0.1) is 24.5 Å². The fourth-order valence-corrected chi connectivity index (χ4v) is 3.72. The minimum absolute atomic E-state index is 0.141. The Morgan fingerprint density at radius 1 is 1.20 bits per heavy atom. The predicted molar refractivity (Wildman–Crippen MR) is 112 cm³/mol. The molecular formula is C22H22ClN3O4. The van der Waals surface area contributed by atoms with Crippen molar-refractivity contribution >= 4 is 23.5 Å². The highest BCUT2D eigenvalue weighted by Gasteiger charge is 2.30. The van der Waals surface area contributed by atoms with Crippen molar-refractivity contribution in [2.45, 2.75) is 19.8 Å². The van der Waals surface area contributed by atoms with Gasteiger partial charge >= 0.3 is 5.97 Å². The molecule has 0 bridgehead atoms. The Hall–Kier alpha value is -3.06. The van der Waals surface area contributed by atoms with Crippen LogP contribution in [0.2, 0.25) is 5.02 Å². The predicted octanol–water partition coefficient (Wildman–Crippen LogP) is 4.20. The number of halogens is 1. The zero-order chi connectivity index (χ0) is 21.1. The van der Waals surface area contributed by atoms with Gasteiger partial charge in [0.15, 0.2) is 5.76 Å². The molecule has 30 heavy (non-hydrogen) atoms. The second-order valence-electron chi connectivity index (χ2n) is 7.10. The minimum Gasteiger partial charge on any atom is -0.466 e. The highest BCUT2D eigenvalue weighted by Crippen LogP contribution is 2.26. The molecule has 0 atom stereocenters. The summed E-state index contributed by atoms with van der Waals surface area (Å²) in [6.45, 7) is 3.15. The van der Waals surface area contributed by atoms with Crippen LogP contribution in [0.15, 0.2) is 53.1 Å². The number of carbonyl (C=O) groups is 2.